The molecule has 0 bridgehead atoms. The predicted octanol–water partition coefficient (Wildman–Crippen LogP) is 4.24. The summed E-state index contributed by atoms with van der Waals surface area (Å²) in [6.45, 7) is 3.98. The lowest BCUT2D eigenvalue weighted by molar-refractivity contribution is -0.154. The van der Waals surface area contributed by atoms with E-state index >= 15 is 0 Å². The van der Waals surface area contributed by atoms with Crippen molar-refractivity contribution < 1.29 is 26.3 Å². The number of aryl methyl sites for hydroxylation is 1. The van der Waals surface area contributed by atoms with Crippen molar-refractivity contribution in [2.45, 2.75) is 49.3 Å². The number of hydrogen-bond donors (Lipinski definition) is 1. The number of alkyl halides is 3. The molecule has 1 N–H and O–H groups in total. The molecule has 2 aliphatic rings. The van der Waals surface area contributed by atoms with Crippen LogP contribution < -0.4 is 5.32 Å². The Morgan fingerprint density at radius 3 is 2.39 bits per heavy atom. The average molecular weight is 595 g/mol. The molecular formula is C29H37F3N4O4S. The van der Waals surface area contributed by atoms with E-state index in [0.29, 0.717) is 13.2 Å². The van der Waals surface area contributed by atoms with Crippen molar-refractivity contribution >= 4 is 10.0 Å². The molecule has 8 nitrogen and oxygen atoms in total. The Labute approximate surface area is 239 Å². The van der Waals surface area contributed by atoms with Crippen LogP contribution in [0.25, 0.3) is 11.1 Å². The maximum Gasteiger partial charge on any atom is 0.405 e. The van der Waals surface area contributed by atoms with Crippen LogP contribution in [0, 0.1) is 18.8 Å². The molecule has 0 saturated carbocycles. The van der Waals surface area contributed by atoms with Gasteiger partial charge >= 0.3 is 6.18 Å². The fraction of sp³-hybridized carbons (Fsp3) is 0.517. The highest BCUT2D eigenvalue weighted by Crippen LogP contribution is 2.43. The number of benzene rings is 2. The molecular weight excluding hydrogens is 557 g/mol. The van der Waals surface area contributed by atoms with Crippen LogP contribution in [0.3, 0.4) is 0 Å². The molecule has 0 spiro atoms. The van der Waals surface area contributed by atoms with Crippen LogP contribution >= 0.6 is 0 Å². The Hall–Kier alpha value is -2.64. The molecule has 0 aromatic heterocycles. The summed E-state index contributed by atoms with van der Waals surface area (Å²) in [5, 5.41) is 2.53. The zero-order valence-electron chi connectivity index (χ0n) is 23.6. The van der Waals surface area contributed by atoms with Gasteiger partial charge in [0.25, 0.3) is 0 Å². The van der Waals surface area contributed by atoms with Crippen LogP contribution in [0.4, 0.5) is 13.2 Å². The first-order valence-electron chi connectivity index (χ1n) is 13.5. The van der Waals surface area contributed by atoms with Crippen LogP contribution in [0.1, 0.15) is 22.6 Å². The fourth-order valence-electron chi connectivity index (χ4n) is 6.14. The summed E-state index contributed by atoms with van der Waals surface area (Å²) in [5.41, 5.74) is 5.58. The minimum Gasteiger partial charge on any atom is -0.383 e. The summed E-state index contributed by atoms with van der Waals surface area (Å²) < 4.78 is 75.3. The van der Waals surface area contributed by atoms with Crippen LogP contribution in [0.5, 0.6) is 0 Å². The standard InChI is InChI=1S/C29H37F3N4O4S/c1-19-8-7-9-23(20(19)2)21-10-12-22(13-11-21)27-24-17-35(14-5-6-15-36(24)25(27)18-40-4)41(38,39)26(16-34-37)28(33-3)29(30,31)32/h5-13,24-28,33H,14-18H2,1-4H3/b6-5-/t24-,25+,26?,27-,28?/m0/s1. The molecule has 2 heterocycles. The Balaban J connectivity index is 1.67. The van der Waals surface area contributed by atoms with Crippen molar-refractivity contribution in [2.24, 2.45) is 5.18 Å². The van der Waals surface area contributed by atoms with E-state index in [1.807, 2.05) is 41.7 Å². The molecule has 41 heavy (non-hydrogen) atoms. The number of ether oxygens (including phenoxy) is 1. The number of nitroso groups, excluding NO2 is 1. The molecule has 1 fully saturated rings. The van der Waals surface area contributed by atoms with Gasteiger partial charge < -0.3 is 10.1 Å². The van der Waals surface area contributed by atoms with Crippen molar-refractivity contribution in [1.29, 1.82) is 0 Å². The molecule has 0 amide bonds. The van der Waals surface area contributed by atoms with Gasteiger partial charge in [0.15, 0.2) is 0 Å². The van der Waals surface area contributed by atoms with Crippen LogP contribution in [0.2, 0.25) is 0 Å². The number of halogens is 3. The van der Waals surface area contributed by atoms with E-state index in [0.717, 1.165) is 28.0 Å². The number of sulfonamides is 1. The van der Waals surface area contributed by atoms with Crippen LogP contribution in [-0.2, 0) is 14.8 Å². The van der Waals surface area contributed by atoms with Crippen molar-refractivity contribution in [3.8, 4) is 11.1 Å². The molecule has 2 aromatic carbocycles. The first-order chi connectivity index (χ1) is 19.4. The van der Waals surface area contributed by atoms with Crippen molar-refractivity contribution in [1.82, 2.24) is 14.5 Å². The van der Waals surface area contributed by atoms with Gasteiger partial charge in [-0.2, -0.15) is 22.4 Å². The Kier molecular flexibility index (Phi) is 9.70. The fourth-order valence-corrected chi connectivity index (χ4v) is 8.06. The van der Waals surface area contributed by atoms with Crippen LogP contribution in [0.15, 0.2) is 59.8 Å². The first-order valence-corrected chi connectivity index (χ1v) is 15.0. The molecule has 2 aliphatic heterocycles. The van der Waals surface area contributed by atoms with Gasteiger partial charge in [-0.25, -0.2) is 8.42 Å². The van der Waals surface area contributed by atoms with E-state index in [2.05, 4.69) is 36.1 Å². The second-order valence-corrected chi connectivity index (χ2v) is 12.8. The van der Waals surface area contributed by atoms with E-state index in [4.69, 9.17) is 4.74 Å². The van der Waals surface area contributed by atoms with Gasteiger partial charge in [-0.3, -0.25) is 4.90 Å². The Morgan fingerprint density at radius 2 is 1.78 bits per heavy atom. The third-order valence-electron chi connectivity index (χ3n) is 8.44. The Morgan fingerprint density at radius 1 is 1.10 bits per heavy atom. The SMILES string of the molecule is CNC(C(CN=O)S(=O)(=O)N1C/C=C\CN2[C@H](COC)[C@@H](c3ccc(-c4cccc(C)c4C)cc3)[C@@H]2C1)C(F)(F)F. The van der Waals surface area contributed by atoms with E-state index in [1.54, 1.807) is 13.2 Å². The zero-order chi connectivity index (χ0) is 29.9. The monoisotopic (exact) mass is 594 g/mol. The summed E-state index contributed by atoms with van der Waals surface area (Å²) in [5.74, 6) is -0.114. The molecule has 0 radical (unpaired) electrons. The average Bonchev–Trinajstić information content (AvgIpc) is 2.90. The minimum atomic E-state index is -4.89. The van der Waals surface area contributed by atoms with Crippen molar-refractivity contribution in [3.63, 3.8) is 0 Å². The number of nitrogens with one attached hydrogen (secondary N) is 1. The topological polar surface area (TPSA) is 91.3 Å². The van der Waals surface area contributed by atoms with Gasteiger partial charge in [-0.1, -0.05) is 59.8 Å². The second kappa shape index (κ2) is 12.7. The highest BCUT2D eigenvalue weighted by molar-refractivity contribution is 7.89. The number of fused-ring (bicyclic) bond motifs is 1. The van der Waals surface area contributed by atoms with Gasteiger partial charge in [0.2, 0.25) is 10.0 Å². The summed E-state index contributed by atoms with van der Waals surface area (Å²) in [6.07, 6.45) is -1.43. The lowest BCUT2D eigenvalue weighted by atomic mass is 9.74. The molecule has 4 rings (SSSR count). The van der Waals surface area contributed by atoms with Gasteiger partial charge in [-0.05, 0) is 48.7 Å². The van der Waals surface area contributed by atoms with Crippen LogP contribution in [-0.4, -0.2) is 94.1 Å². The first kappa shape index (κ1) is 31.3. The largest absolute Gasteiger partial charge is 0.405 e. The summed E-state index contributed by atoms with van der Waals surface area (Å²) in [4.78, 5) is 13.2. The third kappa shape index (κ3) is 6.26. The minimum absolute atomic E-state index is 0.0278. The molecule has 1 saturated heterocycles. The van der Waals surface area contributed by atoms with Gasteiger partial charge in [0, 0.05) is 44.7 Å². The molecule has 224 valence electrons. The maximum absolute atomic E-state index is 13.8. The van der Waals surface area contributed by atoms with Gasteiger partial charge in [-0.15, -0.1) is 0 Å². The van der Waals surface area contributed by atoms with Crippen molar-refractivity contribution in [3.05, 3.63) is 76.2 Å². The van der Waals surface area contributed by atoms with E-state index in [-0.39, 0.29) is 31.1 Å². The highest BCUT2D eigenvalue weighted by Gasteiger charge is 2.54. The number of nitrogens with zero attached hydrogens (tertiary/aromatic N) is 3. The molecule has 2 unspecified atom stereocenters. The van der Waals surface area contributed by atoms with Crippen molar-refractivity contribution in [2.75, 3.05) is 46.9 Å². The number of rotatable bonds is 10. The van der Waals surface area contributed by atoms with E-state index < -0.39 is 34.0 Å². The zero-order valence-corrected chi connectivity index (χ0v) is 24.5. The quantitative estimate of drug-likeness (QED) is 0.327. The van der Waals surface area contributed by atoms with Gasteiger partial charge in [0.05, 0.1) is 6.61 Å². The van der Waals surface area contributed by atoms with E-state index in [9.17, 15) is 26.5 Å². The predicted molar refractivity (Wildman–Crippen MR) is 153 cm³/mol. The summed E-state index contributed by atoms with van der Waals surface area (Å²) >= 11 is 0. The lowest BCUT2D eigenvalue weighted by Crippen LogP contribution is -2.68. The maximum atomic E-state index is 13.8. The molecule has 5 atom stereocenters. The highest BCUT2D eigenvalue weighted by atomic mass is 32.2. The Bertz CT molecular complexity index is 1350. The van der Waals surface area contributed by atoms with E-state index in [1.165, 1.54) is 11.1 Å². The second-order valence-electron chi connectivity index (χ2n) is 10.7. The van der Waals surface area contributed by atoms with Gasteiger partial charge in [0.1, 0.15) is 17.8 Å². The third-order valence-corrected chi connectivity index (χ3v) is 10.6. The molecule has 12 heteroatoms. The smallest absolute Gasteiger partial charge is 0.383 e. The molecule has 2 aromatic rings. The summed E-state index contributed by atoms with van der Waals surface area (Å²) in [6, 6.07) is 11.5. The lowest BCUT2D eigenvalue weighted by Gasteiger charge is -2.56. The molecule has 0 aliphatic carbocycles. The number of methoxy groups -OCH3 is 1. The summed E-state index contributed by atoms with van der Waals surface area (Å²) in [7, 11) is -1.95. The number of hydrogen-bond acceptors (Lipinski definition) is 7. The normalized spacial score (nSPS) is 24.4.